The van der Waals surface area contributed by atoms with Crippen molar-refractivity contribution in [1.82, 2.24) is 14.9 Å². The van der Waals surface area contributed by atoms with Crippen LogP contribution in [0.5, 0.6) is 0 Å². The number of benzene rings is 1. The van der Waals surface area contributed by atoms with Crippen molar-refractivity contribution >= 4 is 44.5 Å². The normalized spacial score (nSPS) is 17.5. The topological polar surface area (TPSA) is 49.0 Å². The Balaban J connectivity index is 1.46. The summed E-state index contributed by atoms with van der Waals surface area (Å²) in [6, 6.07) is 14.4. The van der Waals surface area contributed by atoms with Crippen molar-refractivity contribution in [3.63, 3.8) is 0 Å². The van der Waals surface area contributed by atoms with Gasteiger partial charge in [-0.2, -0.15) is 0 Å². The number of thiophene rings is 2. The highest BCUT2D eigenvalue weighted by Crippen LogP contribution is 2.35. The molecule has 0 saturated carbocycles. The van der Waals surface area contributed by atoms with E-state index in [0.717, 1.165) is 34.7 Å². The second-order valence-corrected chi connectivity index (χ2v) is 9.46. The van der Waals surface area contributed by atoms with Gasteiger partial charge in [-0.05, 0) is 54.6 Å². The molecule has 7 heteroatoms. The second kappa shape index (κ2) is 7.44. The van der Waals surface area contributed by atoms with Gasteiger partial charge in [-0.15, -0.1) is 22.7 Å². The summed E-state index contributed by atoms with van der Waals surface area (Å²) in [5.74, 6) is 0.737. The minimum absolute atomic E-state index is 0.0583. The second-order valence-electron chi connectivity index (χ2n) is 6.99. The number of likely N-dealkylation sites (tertiary alicyclic amines) is 1. The SMILES string of the molecule is O=c1[nH]c(CN2CCC[C@@H]2c2cccs2)nc2cc(-c3ccc(Cl)cc3)sc12. The lowest BCUT2D eigenvalue weighted by atomic mass is 10.2. The molecule has 28 heavy (non-hydrogen) atoms. The van der Waals surface area contributed by atoms with Gasteiger partial charge in [0.25, 0.3) is 5.56 Å². The molecule has 0 radical (unpaired) electrons. The summed E-state index contributed by atoms with van der Waals surface area (Å²) in [4.78, 5) is 25.3. The average molecular weight is 428 g/mol. The predicted molar refractivity (Wildman–Crippen MR) is 117 cm³/mol. The van der Waals surface area contributed by atoms with E-state index in [1.54, 1.807) is 11.3 Å². The first-order chi connectivity index (χ1) is 13.7. The van der Waals surface area contributed by atoms with Gasteiger partial charge in [0.15, 0.2) is 0 Å². The number of nitrogens with zero attached hydrogens (tertiary/aromatic N) is 2. The van der Waals surface area contributed by atoms with Crippen LogP contribution in [0.3, 0.4) is 0 Å². The summed E-state index contributed by atoms with van der Waals surface area (Å²) >= 11 is 9.26. The molecule has 4 nitrogen and oxygen atoms in total. The average Bonchev–Trinajstić information content (AvgIpc) is 3.42. The fourth-order valence-electron chi connectivity index (χ4n) is 3.83. The van der Waals surface area contributed by atoms with Crippen molar-refractivity contribution in [3.8, 4) is 10.4 Å². The van der Waals surface area contributed by atoms with Crippen LogP contribution in [0.15, 0.2) is 52.6 Å². The zero-order chi connectivity index (χ0) is 19.1. The van der Waals surface area contributed by atoms with Crippen LogP contribution >= 0.6 is 34.3 Å². The third kappa shape index (κ3) is 3.42. The maximum atomic E-state index is 12.7. The maximum absolute atomic E-state index is 12.7. The highest BCUT2D eigenvalue weighted by atomic mass is 35.5. The molecule has 1 N–H and O–H groups in total. The van der Waals surface area contributed by atoms with Crippen LogP contribution < -0.4 is 5.56 Å². The third-order valence-electron chi connectivity index (χ3n) is 5.15. The monoisotopic (exact) mass is 427 g/mol. The highest BCUT2D eigenvalue weighted by Gasteiger charge is 2.27. The summed E-state index contributed by atoms with van der Waals surface area (Å²) < 4.78 is 0.671. The lowest BCUT2D eigenvalue weighted by Gasteiger charge is -2.22. The molecule has 4 heterocycles. The molecule has 4 aromatic rings. The molecule has 0 amide bonds. The molecule has 1 saturated heterocycles. The Kier molecular flexibility index (Phi) is 4.80. The van der Waals surface area contributed by atoms with Crippen molar-refractivity contribution in [2.45, 2.75) is 25.4 Å². The Labute approximate surface area is 175 Å². The molecule has 1 aromatic carbocycles. The first kappa shape index (κ1) is 18.1. The van der Waals surface area contributed by atoms with Crippen molar-refractivity contribution in [3.05, 3.63) is 73.9 Å². The fraction of sp³-hybridized carbons (Fsp3) is 0.238. The minimum Gasteiger partial charge on any atom is -0.308 e. The number of hydrogen-bond donors (Lipinski definition) is 1. The molecule has 0 bridgehead atoms. The molecule has 1 fully saturated rings. The zero-order valence-corrected chi connectivity index (χ0v) is 17.4. The maximum Gasteiger partial charge on any atom is 0.268 e. The van der Waals surface area contributed by atoms with Gasteiger partial charge in [0.2, 0.25) is 0 Å². The smallest absolute Gasteiger partial charge is 0.268 e. The summed E-state index contributed by atoms with van der Waals surface area (Å²) in [7, 11) is 0. The number of aromatic amines is 1. The van der Waals surface area contributed by atoms with E-state index in [-0.39, 0.29) is 5.56 Å². The van der Waals surface area contributed by atoms with Crippen molar-refractivity contribution in [2.75, 3.05) is 6.54 Å². The lowest BCUT2D eigenvalue weighted by molar-refractivity contribution is 0.245. The number of hydrogen-bond acceptors (Lipinski definition) is 5. The molecular weight excluding hydrogens is 410 g/mol. The van der Waals surface area contributed by atoms with Crippen molar-refractivity contribution < 1.29 is 0 Å². The van der Waals surface area contributed by atoms with Crippen molar-refractivity contribution in [2.24, 2.45) is 0 Å². The Morgan fingerprint density at radius 3 is 2.89 bits per heavy atom. The molecule has 0 unspecified atom stereocenters. The van der Waals surface area contributed by atoms with E-state index in [9.17, 15) is 4.79 Å². The van der Waals surface area contributed by atoms with E-state index >= 15 is 0 Å². The highest BCUT2D eigenvalue weighted by molar-refractivity contribution is 7.22. The van der Waals surface area contributed by atoms with Crippen LogP contribution in [-0.2, 0) is 6.54 Å². The Morgan fingerprint density at radius 1 is 1.25 bits per heavy atom. The van der Waals surface area contributed by atoms with Gasteiger partial charge < -0.3 is 4.98 Å². The van der Waals surface area contributed by atoms with Gasteiger partial charge >= 0.3 is 0 Å². The molecule has 0 spiro atoms. The fourth-order valence-corrected chi connectivity index (χ4v) is 5.85. The molecule has 1 aliphatic rings. The van der Waals surface area contributed by atoms with Crippen molar-refractivity contribution in [1.29, 1.82) is 0 Å². The number of H-pyrrole nitrogens is 1. The third-order valence-corrected chi connectivity index (χ3v) is 7.55. The van der Waals surface area contributed by atoms with E-state index in [2.05, 4.69) is 27.4 Å². The van der Waals surface area contributed by atoms with Crippen LogP contribution in [0.25, 0.3) is 20.7 Å². The Hall–Kier alpha value is -1.99. The summed E-state index contributed by atoms with van der Waals surface area (Å²) in [6.45, 7) is 1.70. The summed E-state index contributed by atoms with van der Waals surface area (Å²) in [5, 5.41) is 2.83. The standard InChI is InChI=1S/C21H18ClN3OS2/c22-14-7-5-13(6-8-14)18-11-15-20(28-18)21(26)24-19(23-15)12-25-9-1-3-16(25)17-4-2-10-27-17/h2,4-8,10-11,16H,1,3,9,12H2,(H,23,24,26)/t16-/m1/s1. The number of aromatic nitrogens is 2. The van der Waals surface area contributed by atoms with E-state index in [4.69, 9.17) is 16.6 Å². The van der Waals surface area contributed by atoms with E-state index in [1.807, 2.05) is 30.3 Å². The van der Waals surface area contributed by atoms with E-state index in [0.29, 0.717) is 22.3 Å². The van der Waals surface area contributed by atoms with Gasteiger partial charge in [-0.3, -0.25) is 9.69 Å². The summed E-state index contributed by atoms with van der Waals surface area (Å²) in [6.07, 6.45) is 2.33. The molecule has 142 valence electrons. The van der Waals surface area contributed by atoms with Crippen LogP contribution in [0.2, 0.25) is 5.02 Å². The summed E-state index contributed by atoms with van der Waals surface area (Å²) in [5.41, 5.74) is 1.75. The van der Waals surface area contributed by atoms with E-state index in [1.165, 1.54) is 22.6 Å². The molecule has 1 aliphatic heterocycles. The Morgan fingerprint density at radius 2 is 2.11 bits per heavy atom. The molecule has 1 atom stereocenters. The van der Waals surface area contributed by atoms with Crippen LogP contribution in [0.4, 0.5) is 0 Å². The largest absolute Gasteiger partial charge is 0.308 e. The number of rotatable bonds is 4. The van der Waals surface area contributed by atoms with Gasteiger partial charge in [0.05, 0.1) is 12.1 Å². The minimum atomic E-state index is -0.0583. The quantitative estimate of drug-likeness (QED) is 0.454. The lowest BCUT2D eigenvalue weighted by Crippen LogP contribution is -2.25. The molecular formula is C21H18ClN3OS2. The molecule has 0 aliphatic carbocycles. The first-order valence-electron chi connectivity index (χ1n) is 9.23. The van der Waals surface area contributed by atoms with Gasteiger partial charge in [-0.1, -0.05) is 29.8 Å². The first-order valence-corrected chi connectivity index (χ1v) is 11.3. The van der Waals surface area contributed by atoms with Gasteiger partial charge in [-0.25, -0.2) is 4.98 Å². The predicted octanol–water partition coefficient (Wildman–Crippen LogP) is 5.70. The number of halogens is 1. The number of fused-ring (bicyclic) bond motifs is 1. The van der Waals surface area contributed by atoms with Gasteiger partial charge in [0.1, 0.15) is 10.5 Å². The number of nitrogens with one attached hydrogen (secondary N) is 1. The molecule has 3 aromatic heterocycles. The van der Waals surface area contributed by atoms with Crippen LogP contribution in [0, 0.1) is 0 Å². The van der Waals surface area contributed by atoms with Gasteiger partial charge in [0, 0.05) is 20.8 Å². The van der Waals surface area contributed by atoms with E-state index < -0.39 is 0 Å². The Bertz CT molecular complexity index is 1160. The van der Waals surface area contributed by atoms with Crippen LogP contribution in [-0.4, -0.2) is 21.4 Å². The molecule has 5 rings (SSSR count). The zero-order valence-electron chi connectivity index (χ0n) is 15.0. The van der Waals surface area contributed by atoms with Crippen LogP contribution in [0.1, 0.15) is 29.6 Å².